The molecule has 13 heavy (non-hydrogen) atoms. The minimum atomic E-state index is 0.423. The summed E-state index contributed by atoms with van der Waals surface area (Å²) in [6.07, 6.45) is 5.80. The number of allylic oxidation sites excluding steroid dienone is 1. The summed E-state index contributed by atoms with van der Waals surface area (Å²) in [5.41, 5.74) is 1.24. The molecule has 76 valence electrons. The van der Waals surface area contributed by atoms with Crippen molar-refractivity contribution in [1.29, 1.82) is 0 Å². The molecule has 0 N–H and O–H groups in total. The van der Waals surface area contributed by atoms with Gasteiger partial charge in [0.25, 0.3) is 0 Å². The Morgan fingerprint density at radius 2 is 2.31 bits per heavy atom. The number of hydrogen-bond acceptors (Lipinski definition) is 2. The number of hydrogen-bond donors (Lipinski definition) is 0. The van der Waals surface area contributed by atoms with Gasteiger partial charge in [0, 0.05) is 4.75 Å². The molecule has 0 saturated carbocycles. The first kappa shape index (κ1) is 11.0. The summed E-state index contributed by atoms with van der Waals surface area (Å²) in [5, 5.41) is 0. The maximum absolute atomic E-state index is 5.59. The topological polar surface area (TPSA) is 9.23 Å². The summed E-state index contributed by atoms with van der Waals surface area (Å²) in [6, 6.07) is 0. The number of thioether (sulfide) groups is 1. The SMILES string of the molecule is CCC1(COC=C(C)C)CCCS1. The molecule has 1 aliphatic heterocycles. The Bertz CT molecular complexity index is 177. The lowest BCUT2D eigenvalue weighted by molar-refractivity contribution is 0.204. The second-order valence-electron chi connectivity index (χ2n) is 3.99. The molecule has 0 aliphatic carbocycles. The molecule has 1 saturated heterocycles. The fourth-order valence-electron chi connectivity index (χ4n) is 1.61. The van der Waals surface area contributed by atoms with Gasteiger partial charge in [-0.1, -0.05) is 6.92 Å². The second-order valence-corrected chi connectivity index (χ2v) is 5.56. The molecule has 0 spiro atoms. The van der Waals surface area contributed by atoms with Crippen molar-refractivity contribution in [2.75, 3.05) is 12.4 Å². The molecule has 1 heterocycles. The molecule has 0 radical (unpaired) electrons. The Morgan fingerprint density at radius 1 is 1.54 bits per heavy atom. The monoisotopic (exact) mass is 200 g/mol. The Labute approximate surface area is 85.9 Å². The van der Waals surface area contributed by atoms with E-state index in [1.54, 1.807) is 0 Å². The van der Waals surface area contributed by atoms with Gasteiger partial charge in [-0.15, -0.1) is 0 Å². The molecule has 1 rings (SSSR count). The van der Waals surface area contributed by atoms with Gasteiger partial charge in [-0.05, 0) is 44.4 Å². The number of ether oxygens (including phenoxy) is 1. The average molecular weight is 200 g/mol. The van der Waals surface area contributed by atoms with E-state index in [0.29, 0.717) is 4.75 Å². The molecular weight excluding hydrogens is 180 g/mol. The Balaban J connectivity index is 2.36. The lowest BCUT2D eigenvalue weighted by atomic mass is 10.0. The molecular formula is C11H20OS. The normalized spacial score (nSPS) is 27.3. The average Bonchev–Trinajstić information content (AvgIpc) is 2.53. The Morgan fingerprint density at radius 3 is 2.77 bits per heavy atom. The van der Waals surface area contributed by atoms with E-state index in [0.717, 1.165) is 6.61 Å². The van der Waals surface area contributed by atoms with Crippen LogP contribution in [0.2, 0.25) is 0 Å². The van der Waals surface area contributed by atoms with E-state index < -0.39 is 0 Å². The van der Waals surface area contributed by atoms with Crippen molar-refractivity contribution in [1.82, 2.24) is 0 Å². The van der Waals surface area contributed by atoms with Crippen LogP contribution in [0.3, 0.4) is 0 Å². The molecule has 1 unspecified atom stereocenters. The van der Waals surface area contributed by atoms with Gasteiger partial charge in [-0.2, -0.15) is 11.8 Å². The van der Waals surface area contributed by atoms with Crippen LogP contribution < -0.4 is 0 Å². The van der Waals surface area contributed by atoms with Crippen LogP contribution in [-0.2, 0) is 4.74 Å². The van der Waals surface area contributed by atoms with Gasteiger partial charge in [-0.3, -0.25) is 0 Å². The third kappa shape index (κ3) is 3.26. The molecule has 0 aromatic heterocycles. The van der Waals surface area contributed by atoms with E-state index in [9.17, 15) is 0 Å². The highest BCUT2D eigenvalue weighted by atomic mass is 32.2. The van der Waals surface area contributed by atoms with Crippen LogP contribution in [0.5, 0.6) is 0 Å². The van der Waals surface area contributed by atoms with Gasteiger partial charge in [0.05, 0.1) is 6.26 Å². The highest BCUT2D eigenvalue weighted by Crippen LogP contribution is 2.40. The summed E-state index contributed by atoms with van der Waals surface area (Å²) in [7, 11) is 0. The summed E-state index contributed by atoms with van der Waals surface area (Å²) < 4.78 is 6.01. The minimum Gasteiger partial charge on any atom is -0.500 e. The zero-order valence-corrected chi connectivity index (χ0v) is 9.75. The van der Waals surface area contributed by atoms with Gasteiger partial charge < -0.3 is 4.74 Å². The molecule has 0 aromatic rings. The fourth-order valence-corrected chi connectivity index (χ4v) is 2.98. The van der Waals surface area contributed by atoms with Crippen molar-refractivity contribution in [3.05, 3.63) is 11.8 Å². The largest absolute Gasteiger partial charge is 0.500 e. The first-order valence-corrected chi connectivity index (χ1v) is 6.06. The maximum Gasteiger partial charge on any atom is 0.102 e. The summed E-state index contributed by atoms with van der Waals surface area (Å²) in [6.45, 7) is 7.30. The third-order valence-electron chi connectivity index (χ3n) is 2.49. The highest BCUT2D eigenvalue weighted by Gasteiger charge is 2.33. The Kier molecular flexibility index (Phi) is 4.17. The molecule has 1 aliphatic rings. The standard InChI is InChI=1S/C11H20OS/c1-4-11(6-5-7-13-11)9-12-8-10(2)3/h8H,4-7,9H2,1-3H3. The van der Waals surface area contributed by atoms with Crippen molar-refractivity contribution < 1.29 is 4.74 Å². The van der Waals surface area contributed by atoms with Gasteiger partial charge in [0.1, 0.15) is 6.61 Å². The molecule has 0 aromatic carbocycles. The van der Waals surface area contributed by atoms with Crippen LogP contribution in [0.4, 0.5) is 0 Å². The molecule has 0 amide bonds. The van der Waals surface area contributed by atoms with E-state index >= 15 is 0 Å². The zero-order valence-electron chi connectivity index (χ0n) is 8.93. The van der Waals surface area contributed by atoms with Crippen molar-refractivity contribution in [2.24, 2.45) is 0 Å². The van der Waals surface area contributed by atoms with Gasteiger partial charge >= 0.3 is 0 Å². The van der Waals surface area contributed by atoms with Crippen LogP contribution in [0.15, 0.2) is 11.8 Å². The molecule has 2 heteroatoms. The van der Waals surface area contributed by atoms with Crippen molar-refractivity contribution in [2.45, 2.75) is 44.8 Å². The van der Waals surface area contributed by atoms with Gasteiger partial charge in [0.2, 0.25) is 0 Å². The first-order valence-electron chi connectivity index (χ1n) is 5.07. The molecule has 1 fully saturated rings. The summed E-state index contributed by atoms with van der Waals surface area (Å²) in [5.74, 6) is 1.31. The van der Waals surface area contributed by atoms with E-state index in [1.165, 1.54) is 30.6 Å². The highest BCUT2D eigenvalue weighted by molar-refractivity contribution is 8.00. The zero-order chi connectivity index (χ0) is 9.73. The number of rotatable bonds is 4. The fraction of sp³-hybridized carbons (Fsp3) is 0.818. The summed E-state index contributed by atoms with van der Waals surface area (Å²) >= 11 is 2.09. The van der Waals surface area contributed by atoms with E-state index in [-0.39, 0.29) is 0 Å². The van der Waals surface area contributed by atoms with Crippen molar-refractivity contribution in [3.8, 4) is 0 Å². The lowest BCUT2D eigenvalue weighted by Gasteiger charge is -2.25. The van der Waals surface area contributed by atoms with Gasteiger partial charge in [-0.25, -0.2) is 0 Å². The van der Waals surface area contributed by atoms with Gasteiger partial charge in [0.15, 0.2) is 0 Å². The lowest BCUT2D eigenvalue weighted by Crippen LogP contribution is -2.25. The van der Waals surface area contributed by atoms with E-state index in [2.05, 4.69) is 32.5 Å². The maximum atomic E-state index is 5.59. The quantitative estimate of drug-likeness (QED) is 0.641. The van der Waals surface area contributed by atoms with Crippen LogP contribution in [0.1, 0.15) is 40.0 Å². The van der Waals surface area contributed by atoms with E-state index in [1.807, 2.05) is 6.26 Å². The third-order valence-corrected chi connectivity index (χ3v) is 4.21. The van der Waals surface area contributed by atoms with E-state index in [4.69, 9.17) is 4.74 Å². The predicted molar refractivity (Wildman–Crippen MR) is 60.1 cm³/mol. The van der Waals surface area contributed by atoms with Crippen molar-refractivity contribution >= 4 is 11.8 Å². The van der Waals surface area contributed by atoms with Crippen molar-refractivity contribution in [3.63, 3.8) is 0 Å². The smallest absolute Gasteiger partial charge is 0.102 e. The predicted octanol–water partition coefficient (Wildman–Crippen LogP) is 3.60. The second kappa shape index (κ2) is 4.94. The molecule has 1 nitrogen and oxygen atoms in total. The van der Waals surface area contributed by atoms with Crippen LogP contribution in [-0.4, -0.2) is 17.1 Å². The van der Waals surface area contributed by atoms with Crippen LogP contribution in [0.25, 0.3) is 0 Å². The first-order chi connectivity index (χ1) is 6.18. The molecule has 1 atom stereocenters. The minimum absolute atomic E-state index is 0.423. The van der Waals surface area contributed by atoms with Crippen LogP contribution in [0, 0.1) is 0 Å². The van der Waals surface area contributed by atoms with Crippen LogP contribution >= 0.6 is 11.8 Å². The Hall–Kier alpha value is -0.110. The molecule has 0 bridgehead atoms. The summed E-state index contributed by atoms with van der Waals surface area (Å²) in [4.78, 5) is 0.